The molecular formula is C29H31ClN6O4. The molecule has 0 saturated carbocycles. The van der Waals surface area contributed by atoms with Crippen LogP contribution < -0.4 is 21.5 Å². The summed E-state index contributed by atoms with van der Waals surface area (Å²) in [5.74, 6) is 0.107. The van der Waals surface area contributed by atoms with E-state index in [0.717, 1.165) is 39.8 Å². The number of rotatable bonds is 9. The maximum atomic E-state index is 9.96. The second kappa shape index (κ2) is 11.4. The number of ether oxygens (including phenoxy) is 3. The number of halogens is 1. The molecule has 11 heteroatoms. The van der Waals surface area contributed by atoms with Crippen LogP contribution in [0.25, 0.3) is 33.3 Å². The molecule has 1 aromatic heterocycles. The lowest BCUT2D eigenvalue weighted by Gasteiger charge is -2.15. The Morgan fingerprint density at radius 3 is 2.48 bits per heavy atom. The van der Waals surface area contributed by atoms with Gasteiger partial charge in [-0.15, -0.1) is 0 Å². The van der Waals surface area contributed by atoms with Crippen molar-refractivity contribution in [1.82, 2.24) is 15.3 Å². The fourth-order valence-electron chi connectivity index (χ4n) is 5.13. The van der Waals surface area contributed by atoms with Crippen LogP contribution in [0.3, 0.4) is 0 Å². The minimum Gasteiger partial charge on any atom is -0.456 e. The van der Waals surface area contributed by atoms with Gasteiger partial charge in [0, 0.05) is 18.7 Å². The molecule has 0 amide bonds. The second-order valence-corrected chi connectivity index (χ2v) is 10.4. The minimum atomic E-state index is -0.627. The number of aromatic nitrogens is 2. The van der Waals surface area contributed by atoms with Gasteiger partial charge in [0.25, 0.3) is 6.01 Å². The molecule has 0 bridgehead atoms. The first-order valence-electron chi connectivity index (χ1n) is 13.2. The van der Waals surface area contributed by atoms with Gasteiger partial charge in [0.15, 0.2) is 12.1 Å². The molecule has 2 aliphatic rings. The SMILES string of the molecule is NC(N)=NCCNCc1ccc(-c2ccc(-c3cc4nc(O[C@@H]5CO[C@H]6[C@@H]5OC[C@H]6O)[nH]c4cc3Cl)cc2)cc1. The number of aliphatic hydroxyl groups excluding tert-OH is 1. The Hall–Kier alpha value is -3.67. The molecule has 10 nitrogen and oxygen atoms in total. The third-order valence-electron chi connectivity index (χ3n) is 7.19. The Labute approximate surface area is 236 Å². The standard InChI is InChI=1S/C29H31ClN6O4/c30-21-12-23-22(35-29(36-23)40-25-15-39-26-24(37)14-38-27(25)26)11-20(21)19-7-5-18(6-8-19)17-3-1-16(2-4-17)13-33-9-10-34-28(31)32/h1-8,11-12,24-27,33,37H,9-10,13-15H2,(H,35,36)(H4,31,32,34)/t24-,25-,26-,27-/m1/s1. The van der Waals surface area contributed by atoms with E-state index in [1.807, 2.05) is 12.1 Å². The van der Waals surface area contributed by atoms with Crippen molar-refractivity contribution < 1.29 is 19.3 Å². The van der Waals surface area contributed by atoms with Gasteiger partial charge in [-0.25, -0.2) is 0 Å². The largest absolute Gasteiger partial charge is 0.456 e. The van der Waals surface area contributed by atoms with E-state index >= 15 is 0 Å². The van der Waals surface area contributed by atoms with E-state index in [4.69, 9.17) is 37.3 Å². The molecule has 4 atom stereocenters. The summed E-state index contributed by atoms with van der Waals surface area (Å²) in [6.45, 7) is 2.59. The average molecular weight is 563 g/mol. The number of benzene rings is 3. The highest BCUT2D eigenvalue weighted by molar-refractivity contribution is 6.34. The number of H-pyrrole nitrogens is 1. The molecule has 4 aromatic rings. The molecule has 3 heterocycles. The number of hydrogen-bond acceptors (Lipinski definition) is 7. The van der Waals surface area contributed by atoms with Crippen molar-refractivity contribution in [2.45, 2.75) is 31.0 Å². The highest BCUT2D eigenvalue weighted by Gasteiger charge is 2.48. The van der Waals surface area contributed by atoms with Crippen LogP contribution in [0.5, 0.6) is 6.01 Å². The summed E-state index contributed by atoms with van der Waals surface area (Å²) >= 11 is 6.68. The summed E-state index contributed by atoms with van der Waals surface area (Å²) in [5.41, 5.74) is 17.5. The molecule has 0 unspecified atom stereocenters. The molecule has 3 aromatic carbocycles. The number of aliphatic imine (C=N–C) groups is 1. The van der Waals surface area contributed by atoms with E-state index < -0.39 is 6.10 Å². The Morgan fingerprint density at radius 1 is 1.02 bits per heavy atom. The fraction of sp³-hybridized carbons (Fsp3) is 0.310. The monoisotopic (exact) mass is 562 g/mol. The van der Waals surface area contributed by atoms with E-state index in [1.165, 1.54) is 5.56 Å². The van der Waals surface area contributed by atoms with Crippen LogP contribution in [0.1, 0.15) is 5.56 Å². The summed E-state index contributed by atoms with van der Waals surface area (Å²) in [6.07, 6.45) is -1.64. The van der Waals surface area contributed by atoms with Crippen LogP contribution in [0.2, 0.25) is 5.02 Å². The van der Waals surface area contributed by atoms with E-state index in [2.05, 4.69) is 68.8 Å². The van der Waals surface area contributed by atoms with Crippen molar-refractivity contribution in [3.8, 4) is 28.3 Å². The van der Waals surface area contributed by atoms with Gasteiger partial charge in [0.1, 0.15) is 18.3 Å². The number of aromatic amines is 1. The predicted molar refractivity (Wildman–Crippen MR) is 154 cm³/mol. The molecule has 40 heavy (non-hydrogen) atoms. The van der Waals surface area contributed by atoms with Crippen molar-refractivity contribution >= 4 is 28.6 Å². The van der Waals surface area contributed by atoms with E-state index in [1.54, 1.807) is 0 Å². The highest BCUT2D eigenvalue weighted by Crippen LogP contribution is 2.35. The summed E-state index contributed by atoms with van der Waals surface area (Å²) in [7, 11) is 0. The molecule has 2 fully saturated rings. The topological polar surface area (TPSA) is 153 Å². The van der Waals surface area contributed by atoms with Gasteiger partial charge in [-0.05, 0) is 34.4 Å². The van der Waals surface area contributed by atoms with Gasteiger partial charge in [0.2, 0.25) is 0 Å². The Kier molecular flexibility index (Phi) is 7.59. The Balaban J connectivity index is 1.12. The summed E-state index contributed by atoms with van der Waals surface area (Å²) in [6, 6.07) is 20.9. The van der Waals surface area contributed by atoms with Gasteiger partial charge >= 0.3 is 0 Å². The fourth-order valence-corrected chi connectivity index (χ4v) is 5.40. The number of imidazole rings is 1. The first-order valence-corrected chi connectivity index (χ1v) is 13.6. The molecule has 208 valence electrons. The zero-order chi connectivity index (χ0) is 27.6. The maximum absolute atomic E-state index is 9.96. The molecule has 2 saturated heterocycles. The average Bonchev–Trinajstić information content (AvgIpc) is 3.65. The maximum Gasteiger partial charge on any atom is 0.295 e. The van der Waals surface area contributed by atoms with Crippen LogP contribution in [-0.2, 0) is 16.0 Å². The third kappa shape index (κ3) is 5.63. The lowest BCUT2D eigenvalue weighted by Crippen LogP contribution is -2.34. The number of nitrogens with two attached hydrogens (primary N) is 2. The van der Waals surface area contributed by atoms with Gasteiger partial charge in [0.05, 0.1) is 35.8 Å². The van der Waals surface area contributed by atoms with Gasteiger partial charge in [-0.2, -0.15) is 4.98 Å². The number of nitrogens with zero attached hydrogens (tertiary/aromatic N) is 2. The molecular weight excluding hydrogens is 532 g/mol. The van der Waals surface area contributed by atoms with Crippen molar-refractivity contribution in [3.63, 3.8) is 0 Å². The van der Waals surface area contributed by atoms with Crippen LogP contribution in [0.15, 0.2) is 65.7 Å². The molecule has 0 radical (unpaired) electrons. The van der Waals surface area contributed by atoms with Crippen LogP contribution in [-0.4, -0.2) is 71.8 Å². The third-order valence-corrected chi connectivity index (χ3v) is 7.50. The van der Waals surface area contributed by atoms with Crippen molar-refractivity contribution in [3.05, 3.63) is 71.2 Å². The molecule has 7 N–H and O–H groups in total. The molecule has 0 spiro atoms. The lowest BCUT2D eigenvalue weighted by molar-refractivity contribution is 0.00706. The van der Waals surface area contributed by atoms with E-state index in [9.17, 15) is 5.11 Å². The van der Waals surface area contributed by atoms with Gasteiger partial charge in [-0.3, -0.25) is 4.99 Å². The molecule has 2 aliphatic heterocycles. The number of nitrogens with one attached hydrogen (secondary N) is 2. The minimum absolute atomic E-state index is 0.107. The van der Waals surface area contributed by atoms with Gasteiger partial charge in [-0.1, -0.05) is 60.1 Å². The molecule has 0 aliphatic carbocycles. The summed E-state index contributed by atoms with van der Waals surface area (Å²) in [4.78, 5) is 11.8. The number of aliphatic hydroxyl groups is 1. The Bertz CT molecular complexity index is 1500. The first kappa shape index (κ1) is 26.5. The number of fused-ring (bicyclic) bond motifs is 2. The number of hydrogen-bond donors (Lipinski definition) is 5. The smallest absolute Gasteiger partial charge is 0.295 e. The van der Waals surface area contributed by atoms with Crippen molar-refractivity contribution in [2.75, 3.05) is 26.3 Å². The van der Waals surface area contributed by atoms with Crippen LogP contribution in [0.4, 0.5) is 0 Å². The Morgan fingerprint density at radius 2 is 1.73 bits per heavy atom. The van der Waals surface area contributed by atoms with Crippen molar-refractivity contribution in [1.29, 1.82) is 0 Å². The summed E-state index contributed by atoms with van der Waals surface area (Å²) in [5, 5.41) is 13.9. The van der Waals surface area contributed by atoms with Crippen LogP contribution >= 0.6 is 11.6 Å². The predicted octanol–water partition coefficient (Wildman–Crippen LogP) is 2.82. The van der Waals surface area contributed by atoms with Gasteiger partial charge < -0.3 is 41.1 Å². The lowest BCUT2D eigenvalue weighted by atomic mass is 9.99. The zero-order valence-electron chi connectivity index (χ0n) is 21.7. The normalized spacial score (nSPS) is 21.9. The quantitative estimate of drug-likeness (QED) is 0.119. The second-order valence-electron chi connectivity index (χ2n) is 9.97. The number of guanidine groups is 1. The van der Waals surface area contributed by atoms with Crippen LogP contribution in [0, 0.1) is 0 Å². The zero-order valence-corrected chi connectivity index (χ0v) is 22.5. The van der Waals surface area contributed by atoms with E-state index in [-0.39, 0.29) is 30.9 Å². The first-order chi connectivity index (χ1) is 19.4. The summed E-state index contributed by atoms with van der Waals surface area (Å²) < 4.78 is 17.3. The van der Waals surface area contributed by atoms with Crippen molar-refractivity contribution in [2.24, 2.45) is 16.5 Å². The molecule has 6 rings (SSSR count). The highest BCUT2D eigenvalue weighted by atomic mass is 35.5. The van der Waals surface area contributed by atoms with E-state index in [0.29, 0.717) is 30.7 Å².